The Morgan fingerprint density at radius 3 is 2.40 bits per heavy atom. The van der Waals surface area contributed by atoms with Gasteiger partial charge in [-0.25, -0.2) is 9.59 Å². The molecule has 1 N–H and O–H groups in total. The van der Waals surface area contributed by atoms with Gasteiger partial charge >= 0.3 is 17.8 Å². The standard InChI is InChI=1S/C18H22N4O7S/c1-5-28-17(24)14-11(4)15(18(25)29-6-2)30-16(14)19-13(23)7-8-21-10(3)9-12(20-21)22(26)27/h9H,5-8H2,1-4H3,(H,19,23). The molecule has 0 aliphatic heterocycles. The Kier molecular flexibility index (Phi) is 7.64. The van der Waals surface area contributed by atoms with E-state index in [0.29, 0.717) is 11.3 Å². The van der Waals surface area contributed by atoms with Crippen LogP contribution in [0.3, 0.4) is 0 Å². The van der Waals surface area contributed by atoms with Crippen molar-refractivity contribution in [3.63, 3.8) is 0 Å². The maximum atomic E-state index is 12.4. The summed E-state index contributed by atoms with van der Waals surface area (Å²) in [7, 11) is 0. The Hall–Kier alpha value is -3.28. The molecule has 2 rings (SSSR count). The Bertz CT molecular complexity index is 980. The molecule has 11 nitrogen and oxygen atoms in total. The minimum atomic E-state index is -0.657. The number of rotatable bonds is 9. The molecule has 0 fully saturated rings. The summed E-state index contributed by atoms with van der Waals surface area (Å²) in [5.74, 6) is -2.00. The van der Waals surface area contributed by atoms with Crippen LogP contribution in [0.2, 0.25) is 0 Å². The quantitative estimate of drug-likeness (QED) is 0.358. The van der Waals surface area contributed by atoms with E-state index in [-0.39, 0.29) is 47.4 Å². The van der Waals surface area contributed by atoms with Crippen molar-refractivity contribution in [2.24, 2.45) is 0 Å². The van der Waals surface area contributed by atoms with Gasteiger partial charge in [-0.3, -0.25) is 4.79 Å². The number of nitro groups is 1. The summed E-state index contributed by atoms with van der Waals surface area (Å²) in [5.41, 5.74) is 1.01. The molecule has 0 saturated heterocycles. The lowest BCUT2D eigenvalue weighted by atomic mass is 10.1. The smallest absolute Gasteiger partial charge is 0.390 e. The summed E-state index contributed by atoms with van der Waals surface area (Å²) in [4.78, 5) is 47.4. The molecule has 0 spiro atoms. The molecule has 0 aromatic carbocycles. The number of aryl methyl sites for hydroxylation is 2. The number of nitrogens with one attached hydrogen (secondary N) is 1. The van der Waals surface area contributed by atoms with Gasteiger partial charge in [0.15, 0.2) is 0 Å². The topological polar surface area (TPSA) is 143 Å². The zero-order valence-electron chi connectivity index (χ0n) is 17.0. The van der Waals surface area contributed by atoms with Gasteiger partial charge in [-0.1, -0.05) is 0 Å². The fourth-order valence-electron chi connectivity index (χ4n) is 2.65. The third-order valence-electron chi connectivity index (χ3n) is 4.05. The van der Waals surface area contributed by atoms with E-state index in [1.165, 1.54) is 10.7 Å². The van der Waals surface area contributed by atoms with Crippen LogP contribution < -0.4 is 5.32 Å². The van der Waals surface area contributed by atoms with Crippen LogP contribution in [0.1, 0.15) is 51.6 Å². The van der Waals surface area contributed by atoms with Crippen molar-refractivity contribution in [2.45, 2.75) is 40.7 Å². The van der Waals surface area contributed by atoms with Crippen molar-refractivity contribution in [3.05, 3.63) is 37.9 Å². The number of anilines is 1. The summed E-state index contributed by atoms with van der Waals surface area (Å²) in [6.07, 6.45) is -0.0480. The summed E-state index contributed by atoms with van der Waals surface area (Å²) >= 11 is 0.930. The molecular weight excluding hydrogens is 416 g/mol. The Morgan fingerprint density at radius 2 is 1.83 bits per heavy atom. The number of nitrogens with zero attached hydrogens (tertiary/aromatic N) is 3. The minimum Gasteiger partial charge on any atom is -0.462 e. The van der Waals surface area contributed by atoms with Gasteiger partial charge in [-0.05, 0) is 38.2 Å². The highest BCUT2D eigenvalue weighted by molar-refractivity contribution is 7.18. The lowest BCUT2D eigenvalue weighted by molar-refractivity contribution is -0.389. The molecule has 30 heavy (non-hydrogen) atoms. The molecule has 0 saturated carbocycles. The van der Waals surface area contributed by atoms with E-state index in [2.05, 4.69) is 10.4 Å². The number of thiophene rings is 1. The van der Waals surface area contributed by atoms with Crippen LogP contribution in [-0.2, 0) is 20.8 Å². The molecule has 0 unspecified atom stereocenters. The molecule has 12 heteroatoms. The van der Waals surface area contributed by atoms with Gasteiger partial charge in [0.2, 0.25) is 5.91 Å². The number of amides is 1. The summed E-state index contributed by atoms with van der Waals surface area (Å²) < 4.78 is 11.4. The molecular formula is C18H22N4O7S. The zero-order valence-corrected chi connectivity index (χ0v) is 17.8. The first-order valence-corrected chi connectivity index (χ1v) is 9.97. The van der Waals surface area contributed by atoms with E-state index in [1.807, 2.05) is 0 Å². The molecule has 2 aromatic rings. The summed E-state index contributed by atoms with van der Waals surface area (Å²) in [6.45, 7) is 6.94. The van der Waals surface area contributed by atoms with Crippen molar-refractivity contribution in [1.82, 2.24) is 9.78 Å². The highest BCUT2D eigenvalue weighted by Crippen LogP contribution is 2.34. The first-order chi connectivity index (χ1) is 14.2. The first kappa shape index (κ1) is 23.0. The monoisotopic (exact) mass is 438 g/mol. The summed E-state index contributed by atoms with van der Waals surface area (Å²) in [6, 6.07) is 1.31. The number of aromatic nitrogens is 2. The van der Waals surface area contributed by atoms with Crippen LogP contribution in [0, 0.1) is 24.0 Å². The molecule has 0 aliphatic carbocycles. The van der Waals surface area contributed by atoms with Crippen LogP contribution in [-0.4, -0.2) is 45.8 Å². The average molecular weight is 438 g/mol. The lowest BCUT2D eigenvalue weighted by Crippen LogP contribution is -2.17. The Labute approximate surface area is 176 Å². The van der Waals surface area contributed by atoms with E-state index in [9.17, 15) is 24.5 Å². The van der Waals surface area contributed by atoms with E-state index < -0.39 is 22.8 Å². The van der Waals surface area contributed by atoms with Gasteiger partial charge in [0, 0.05) is 6.42 Å². The SMILES string of the molecule is CCOC(=O)c1sc(NC(=O)CCn2nc([N+](=O)[O-])cc2C)c(C(=O)OCC)c1C. The van der Waals surface area contributed by atoms with Crippen LogP contribution in [0.4, 0.5) is 10.8 Å². The van der Waals surface area contributed by atoms with Gasteiger partial charge < -0.3 is 24.9 Å². The molecule has 2 heterocycles. The fraction of sp³-hybridized carbons (Fsp3) is 0.444. The van der Waals surface area contributed by atoms with Crippen molar-refractivity contribution in [1.29, 1.82) is 0 Å². The van der Waals surface area contributed by atoms with Gasteiger partial charge in [0.1, 0.15) is 9.88 Å². The number of esters is 2. The first-order valence-electron chi connectivity index (χ1n) is 9.15. The second-order valence-corrected chi connectivity index (χ2v) is 7.14. The Morgan fingerprint density at radius 1 is 1.20 bits per heavy atom. The zero-order chi connectivity index (χ0) is 22.4. The maximum absolute atomic E-state index is 12.4. The maximum Gasteiger partial charge on any atom is 0.390 e. The molecule has 2 aromatic heterocycles. The number of hydrogen-bond acceptors (Lipinski definition) is 9. The van der Waals surface area contributed by atoms with E-state index >= 15 is 0 Å². The second-order valence-electron chi connectivity index (χ2n) is 6.12. The van der Waals surface area contributed by atoms with Crippen molar-refractivity contribution >= 4 is 40.0 Å². The van der Waals surface area contributed by atoms with Crippen molar-refractivity contribution in [2.75, 3.05) is 18.5 Å². The Balaban J connectivity index is 2.20. The van der Waals surface area contributed by atoms with Crippen LogP contribution in [0.15, 0.2) is 6.07 Å². The molecule has 0 bridgehead atoms. The predicted molar refractivity (Wildman–Crippen MR) is 108 cm³/mol. The summed E-state index contributed by atoms with van der Waals surface area (Å²) in [5, 5.41) is 17.4. The fourth-order valence-corrected chi connectivity index (χ4v) is 3.75. The van der Waals surface area contributed by atoms with Gasteiger partial charge in [0.05, 0.1) is 42.2 Å². The molecule has 0 radical (unpaired) electrons. The van der Waals surface area contributed by atoms with Gasteiger partial charge in [0.25, 0.3) is 0 Å². The molecule has 1 amide bonds. The number of carbonyl (C=O) groups excluding carboxylic acids is 3. The molecule has 0 aliphatic rings. The average Bonchev–Trinajstić information content (AvgIpc) is 3.20. The normalized spacial score (nSPS) is 10.5. The van der Waals surface area contributed by atoms with Crippen LogP contribution in [0.25, 0.3) is 0 Å². The third kappa shape index (κ3) is 5.20. The highest BCUT2D eigenvalue weighted by atomic mass is 32.1. The number of ether oxygens (including phenoxy) is 2. The molecule has 0 atom stereocenters. The van der Waals surface area contributed by atoms with E-state index in [1.54, 1.807) is 27.7 Å². The second kappa shape index (κ2) is 9.96. The van der Waals surface area contributed by atoms with Gasteiger partial charge in [-0.15, -0.1) is 11.3 Å². The van der Waals surface area contributed by atoms with Crippen molar-refractivity contribution < 1.29 is 28.8 Å². The molecule has 162 valence electrons. The predicted octanol–water partition coefficient (Wildman–Crippen LogP) is 2.85. The van der Waals surface area contributed by atoms with E-state index in [0.717, 1.165) is 11.3 Å². The number of hydrogen-bond donors (Lipinski definition) is 1. The largest absolute Gasteiger partial charge is 0.462 e. The van der Waals surface area contributed by atoms with Crippen LogP contribution in [0.5, 0.6) is 0 Å². The van der Waals surface area contributed by atoms with Crippen LogP contribution >= 0.6 is 11.3 Å². The number of carbonyl (C=O) groups is 3. The highest BCUT2D eigenvalue weighted by Gasteiger charge is 2.27. The van der Waals surface area contributed by atoms with Gasteiger partial charge in [-0.2, -0.15) is 4.68 Å². The van der Waals surface area contributed by atoms with Crippen molar-refractivity contribution in [3.8, 4) is 0 Å². The minimum absolute atomic E-state index is 0.0480. The third-order valence-corrected chi connectivity index (χ3v) is 5.23. The van der Waals surface area contributed by atoms with E-state index in [4.69, 9.17) is 9.47 Å². The lowest BCUT2D eigenvalue weighted by Gasteiger charge is -2.07.